The number of nitrogens with zero attached hydrogens (tertiary/aromatic N) is 1. The Kier molecular flexibility index (Phi) is 3.64. The van der Waals surface area contributed by atoms with Gasteiger partial charge >= 0.3 is 0 Å². The molecule has 5 heteroatoms. The lowest BCUT2D eigenvalue weighted by molar-refractivity contribution is -0.00522. The van der Waals surface area contributed by atoms with Crippen LogP contribution >= 0.6 is 0 Å². The van der Waals surface area contributed by atoms with Crippen LogP contribution in [0.4, 0.5) is 5.69 Å². The molecule has 0 bridgehead atoms. The smallest absolute Gasteiger partial charge is 0.175 e. The molecule has 0 unspecified atom stereocenters. The van der Waals surface area contributed by atoms with Crippen molar-refractivity contribution in [2.75, 3.05) is 24.2 Å². The van der Waals surface area contributed by atoms with Crippen molar-refractivity contribution in [3.8, 4) is 0 Å². The summed E-state index contributed by atoms with van der Waals surface area (Å²) in [5.74, 6) is 0. The van der Waals surface area contributed by atoms with Crippen LogP contribution in [0.1, 0.15) is 13.8 Å². The van der Waals surface area contributed by atoms with Gasteiger partial charge < -0.3 is 9.64 Å². The van der Waals surface area contributed by atoms with Gasteiger partial charge in [-0.25, -0.2) is 8.42 Å². The highest BCUT2D eigenvalue weighted by atomic mass is 32.2. The minimum atomic E-state index is -3.12. The highest BCUT2D eigenvalue weighted by Gasteiger charge is 2.22. The van der Waals surface area contributed by atoms with Crippen LogP contribution in [0.2, 0.25) is 0 Å². The van der Waals surface area contributed by atoms with Gasteiger partial charge in [-0.1, -0.05) is 0 Å². The zero-order chi connectivity index (χ0) is 13.3. The Hall–Kier alpha value is -1.07. The lowest BCUT2D eigenvalue weighted by Gasteiger charge is -2.36. The third kappa shape index (κ3) is 3.03. The first-order chi connectivity index (χ1) is 8.36. The van der Waals surface area contributed by atoms with Gasteiger partial charge in [0.25, 0.3) is 0 Å². The van der Waals surface area contributed by atoms with Crippen molar-refractivity contribution in [1.82, 2.24) is 0 Å². The molecule has 1 saturated heterocycles. The van der Waals surface area contributed by atoms with Gasteiger partial charge in [0, 0.05) is 25.0 Å². The minimum Gasteiger partial charge on any atom is -0.372 e. The molecule has 0 spiro atoms. The molecule has 18 heavy (non-hydrogen) atoms. The van der Waals surface area contributed by atoms with E-state index < -0.39 is 9.84 Å². The van der Waals surface area contributed by atoms with Crippen molar-refractivity contribution >= 4 is 15.5 Å². The fraction of sp³-hybridized carbons (Fsp3) is 0.538. The first-order valence-electron chi connectivity index (χ1n) is 6.07. The lowest BCUT2D eigenvalue weighted by Crippen LogP contribution is -2.45. The summed E-state index contributed by atoms with van der Waals surface area (Å²) in [5.41, 5.74) is 1.05. The average molecular weight is 269 g/mol. The van der Waals surface area contributed by atoms with E-state index in [-0.39, 0.29) is 12.2 Å². The van der Waals surface area contributed by atoms with E-state index in [4.69, 9.17) is 4.74 Å². The van der Waals surface area contributed by atoms with E-state index in [2.05, 4.69) is 4.90 Å². The van der Waals surface area contributed by atoms with Crippen molar-refractivity contribution in [3.05, 3.63) is 24.3 Å². The van der Waals surface area contributed by atoms with E-state index in [1.165, 1.54) is 6.26 Å². The zero-order valence-corrected chi connectivity index (χ0v) is 11.8. The number of benzene rings is 1. The molecule has 1 aliphatic rings. The van der Waals surface area contributed by atoms with Gasteiger partial charge in [0.05, 0.1) is 17.1 Å². The van der Waals surface area contributed by atoms with Crippen LogP contribution in [0.5, 0.6) is 0 Å². The number of anilines is 1. The number of rotatable bonds is 2. The van der Waals surface area contributed by atoms with Gasteiger partial charge in [0.2, 0.25) is 0 Å². The predicted molar refractivity (Wildman–Crippen MR) is 71.8 cm³/mol. The van der Waals surface area contributed by atoms with Crippen LogP contribution in [0, 0.1) is 0 Å². The maximum absolute atomic E-state index is 11.4. The van der Waals surface area contributed by atoms with Crippen LogP contribution in [0.25, 0.3) is 0 Å². The summed E-state index contributed by atoms with van der Waals surface area (Å²) in [6.07, 6.45) is 1.62. The zero-order valence-electron chi connectivity index (χ0n) is 11.0. The Morgan fingerprint density at radius 2 is 1.61 bits per heavy atom. The van der Waals surface area contributed by atoms with E-state index >= 15 is 0 Å². The number of hydrogen-bond donors (Lipinski definition) is 0. The molecule has 2 atom stereocenters. The summed E-state index contributed by atoms with van der Waals surface area (Å²) in [7, 11) is -3.12. The molecule has 1 heterocycles. The second-order valence-corrected chi connectivity index (χ2v) is 6.94. The summed E-state index contributed by atoms with van der Waals surface area (Å²) in [4.78, 5) is 2.59. The van der Waals surface area contributed by atoms with Gasteiger partial charge in [-0.05, 0) is 38.1 Å². The second kappa shape index (κ2) is 4.90. The van der Waals surface area contributed by atoms with Crippen molar-refractivity contribution in [1.29, 1.82) is 0 Å². The Morgan fingerprint density at radius 3 is 2.06 bits per heavy atom. The quantitative estimate of drug-likeness (QED) is 0.820. The first kappa shape index (κ1) is 13.4. The number of morpholine rings is 1. The number of hydrogen-bond acceptors (Lipinski definition) is 4. The summed E-state index contributed by atoms with van der Waals surface area (Å²) in [6.45, 7) is 5.77. The summed E-state index contributed by atoms with van der Waals surface area (Å²) < 4.78 is 28.5. The highest BCUT2D eigenvalue weighted by molar-refractivity contribution is 7.90. The minimum absolute atomic E-state index is 0.198. The van der Waals surface area contributed by atoms with Gasteiger partial charge in [-0.15, -0.1) is 0 Å². The molecular weight excluding hydrogens is 250 g/mol. The lowest BCUT2D eigenvalue weighted by atomic mass is 10.2. The second-order valence-electron chi connectivity index (χ2n) is 4.93. The van der Waals surface area contributed by atoms with Gasteiger partial charge in [0.15, 0.2) is 9.84 Å². The van der Waals surface area contributed by atoms with Crippen LogP contribution in [0.15, 0.2) is 29.2 Å². The molecule has 0 radical (unpaired) electrons. The SMILES string of the molecule is C[C@@H]1CN(c2ccc(S(C)(=O)=O)cc2)C[C@H](C)O1. The van der Waals surface area contributed by atoms with E-state index in [9.17, 15) is 8.42 Å². The molecule has 0 N–H and O–H groups in total. The maximum Gasteiger partial charge on any atom is 0.175 e. The molecule has 0 amide bonds. The topological polar surface area (TPSA) is 46.6 Å². The summed E-state index contributed by atoms with van der Waals surface area (Å²) >= 11 is 0. The normalized spacial score (nSPS) is 25.2. The van der Waals surface area contributed by atoms with E-state index in [0.717, 1.165) is 18.8 Å². The van der Waals surface area contributed by atoms with Gasteiger partial charge in [-0.2, -0.15) is 0 Å². The Balaban J connectivity index is 2.19. The molecule has 4 nitrogen and oxygen atoms in total. The van der Waals surface area contributed by atoms with Crippen molar-refractivity contribution in [2.24, 2.45) is 0 Å². The molecule has 100 valence electrons. The van der Waals surface area contributed by atoms with Crippen LogP contribution in [0.3, 0.4) is 0 Å². The molecule has 0 aliphatic carbocycles. The van der Waals surface area contributed by atoms with Crippen LogP contribution in [-0.2, 0) is 14.6 Å². The summed E-state index contributed by atoms with van der Waals surface area (Å²) in [5, 5.41) is 0. The van der Waals surface area contributed by atoms with Crippen LogP contribution in [-0.4, -0.2) is 40.0 Å². The average Bonchev–Trinajstić information content (AvgIpc) is 2.27. The third-order valence-electron chi connectivity index (χ3n) is 3.05. The Labute approximate surface area is 108 Å². The molecule has 1 aromatic rings. The largest absolute Gasteiger partial charge is 0.372 e. The Bertz CT molecular complexity index is 500. The number of ether oxygens (including phenoxy) is 1. The van der Waals surface area contributed by atoms with Gasteiger partial charge in [0.1, 0.15) is 0 Å². The standard InChI is InChI=1S/C13H19NO3S/c1-10-8-14(9-11(2)17-10)12-4-6-13(7-5-12)18(3,15)16/h4-7,10-11H,8-9H2,1-3H3/t10-,11+. The van der Waals surface area contributed by atoms with Crippen molar-refractivity contribution in [3.63, 3.8) is 0 Å². The highest BCUT2D eigenvalue weighted by Crippen LogP contribution is 2.22. The Morgan fingerprint density at radius 1 is 1.11 bits per heavy atom. The molecule has 1 aromatic carbocycles. The molecule has 1 aliphatic heterocycles. The van der Waals surface area contributed by atoms with Crippen molar-refractivity contribution < 1.29 is 13.2 Å². The molecule has 0 saturated carbocycles. The molecule has 0 aromatic heterocycles. The monoisotopic (exact) mass is 269 g/mol. The third-order valence-corrected chi connectivity index (χ3v) is 4.18. The van der Waals surface area contributed by atoms with Crippen molar-refractivity contribution in [2.45, 2.75) is 31.0 Å². The molecule has 2 rings (SSSR count). The van der Waals surface area contributed by atoms with E-state index in [1.807, 2.05) is 26.0 Å². The maximum atomic E-state index is 11.4. The fourth-order valence-corrected chi connectivity index (χ4v) is 2.92. The van der Waals surface area contributed by atoms with E-state index in [1.54, 1.807) is 12.1 Å². The van der Waals surface area contributed by atoms with E-state index in [0.29, 0.717) is 4.90 Å². The molecule has 1 fully saturated rings. The predicted octanol–water partition coefficient (Wildman–Crippen LogP) is 1.70. The van der Waals surface area contributed by atoms with Crippen LogP contribution < -0.4 is 4.90 Å². The van der Waals surface area contributed by atoms with Gasteiger partial charge in [-0.3, -0.25) is 0 Å². The first-order valence-corrected chi connectivity index (χ1v) is 7.96. The fourth-order valence-electron chi connectivity index (χ4n) is 2.29. The summed E-state index contributed by atoms with van der Waals surface area (Å²) in [6, 6.07) is 7.05. The number of sulfone groups is 1. The molecular formula is C13H19NO3S.